The van der Waals surface area contributed by atoms with Crippen LogP contribution in [0.4, 0.5) is 0 Å². The Kier molecular flexibility index (Phi) is 13.8. The highest BCUT2D eigenvalue weighted by atomic mass is 16.4. The molecule has 1 rings (SSSR count). The van der Waals surface area contributed by atoms with Crippen molar-refractivity contribution in [2.24, 2.45) is 17.2 Å². The summed E-state index contributed by atoms with van der Waals surface area (Å²) in [4.78, 5) is 62.5. The van der Waals surface area contributed by atoms with Gasteiger partial charge in [0.05, 0.1) is 6.04 Å². The van der Waals surface area contributed by atoms with Gasteiger partial charge >= 0.3 is 11.9 Å². The minimum Gasteiger partial charge on any atom is -0.481 e. The molecule has 0 aromatic heterocycles. The fraction of sp³-hybridized carbons (Fsp3) is 0.773. The van der Waals surface area contributed by atoms with Crippen LogP contribution < -0.4 is 27.8 Å². The number of carbonyl (C=O) groups excluding carboxylic acids is 3. The van der Waals surface area contributed by atoms with Gasteiger partial charge in [-0.25, -0.2) is 4.79 Å². The second-order valence-corrected chi connectivity index (χ2v) is 8.76. The van der Waals surface area contributed by atoms with Crippen molar-refractivity contribution in [3.8, 4) is 0 Å². The van der Waals surface area contributed by atoms with E-state index < -0.39 is 60.2 Å². The Morgan fingerprint density at radius 2 is 1.46 bits per heavy atom. The van der Waals surface area contributed by atoms with Crippen LogP contribution in [-0.4, -0.2) is 88.6 Å². The molecule has 10 N–H and O–H groups in total. The topological polar surface area (TPSA) is 231 Å². The molecule has 1 aliphatic rings. The number of carboxylic acids is 2. The molecule has 4 unspecified atom stereocenters. The van der Waals surface area contributed by atoms with Crippen molar-refractivity contribution in [3.05, 3.63) is 0 Å². The van der Waals surface area contributed by atoms with E-state index in [-0.39, 0.29) is 25.8 Å². The van der Waals surface area contributed by atoms with Crippen LogP contribution in [0, 0.1) is 0 Å². The van der Waals surface area contributed by atoms with Crippen LogP contribution in [0.5, 0.6) is 0 Å². The smallest absolute Gasteiger partial charge is 0.326 e. The first-order valence-corrected chi connectivity index (χ1v) is 12.1. The Labute approximate surface area is 205 Å². The molecule has 0 aliphatic carbocycles. The second kappa shape index (κ2) is 16.0. The van der Waals surface area contributed by atoms with Crippen LogP contribution in [0.2, 0.25) is 0 Å². The van der Waals surface area contributed by atoms with Crippen LogP contribution in [0.25, 0.3) is 0 Å². The van der Waals surface area contributed by atoms with E-state index in [9.17, 15) is 29.1 Å². The van der Waals surface area contributed by atoms with Crippen LogP contribution in [0.15, 0.2) is 0 Å². The van der Waals surface area contributed by atoms with Gasteiger partial charge in [0.1, 0.15) is 18.1 Å². The summed E-state index contributed by atoms with van der Waals surface area (Å²) in [5, 5.41) is 23.6. The molecule has 200 valence electrons. The zero-order valence-corrected chi connectivity index (χ0v) is 20.1. The third-order valence-corrected chi connectivity index (χ3v) is 5.97. The number of amides is 3. The Hall–Kier alpha value is -2.77. The SMILES string of the molecule is NCCCCC(N)C(=O)NC(CCCCN)C(=O)NC(CCC(=O)O)C(=O)N1CCCC1C(=O)O. The lowest BCUT2D eigenvalue weighted by Gasteiger charge is -2.29. The molecule has 0 radical (unpaired) electrons. The molecule has 0 spiro atoms. The van der Waals surface area contributed by atoms with E-state index in [1.54, 1.807) is 0 Å². The molecule has 0 aromatic rings. The number of hydrogen-bond acceptors (Lipinski definition) is 8. The average molecular weight is 501 g/mol. The largest absolute Gasteiger partial charge is 0.481 e. The molecule has 0 saturated carbocycles. The quantitative estimate of drug-likeness (QED) is 0.114. The number of carbonyl (C=O) groups is 5. The summed E-state index contributed by atoms with van der Waals surface area (Å²) in [7, 11) is 0. The fourth-order valence-corrected chi connectivity index (χ4v) is 3.96. The van der Waals surface area contributed by atoms with Crippen LogP contribution in [-0.2, 0) is 24.0 Å². The van der Waals surface area contributed by atoms with Crippen LogP contribution in [0.3, 0.4) is 0 Å². The van der Waals surface area contributed by atoms with E-state index in [0.29, 0.717) is 51.6 Å². The van der Waals surface area contributed by atoms with Gasteiger partial charge in [-0.15, -0.1) is 0 Å². The van der Waals surface area contributed by atoms with Gasteiger partial charge in [-0.3, -0.25) is 19.2 Å². The molecule has 1 heterocycles. The Morgan fingerprint density at radius 3 is 2.03 bits per heavy atom. The maximum absolute atomic E-state index is 13.1. The summed E-state index contributed by atoms with van der Waals surface area (Å²) in [5.41, 5.74) is 16.9. The lowest BCUT2D eigenvalue weighted by Crippen LogP contribution is -2.57. The fourth-order valence-electron chi connectivity index (χ4n) is 3.96. The first kappa shape index (κ1) is 30.3. The molecule has 1 fully saturated rings. The van der Waals surface area contributed by atoms with Crippen molar-refractivity contribution in [2.45, 2.75) is 88.4 Å². The zero-order chi connectivity index (χ0) is 26.4. The Balaban J connectivity index is 2.96. The third-order valence-electron chi connectivity index (χ3n) is 5.97. The van der Waals surface area contributed by atoms with Gasteiger partial charge in [-0.2, -0.15) is 0 Å². The van der Waals surface area contributed by atoms with Gasteiger partial charge in [0, 0.05) is 13.0 Å². The van der Waals surface area contributed by atoms with Crippen LogP contribution in [0.1, 0.15) is 64.2 Å². The average Bonchev–Trinajstić information content (AvgIpc) is 3.31. The minimum atomic E-state index is -1.24. The van der Waals surface area contributed by atoms with Crippen LogP contribution >= 0.6 is 0 Å². The number of rotatable bonds is 17. The number of nitrogens with two attached hydrogens (primary N) is 3. The number of nitrogens with one attached hydrogen (secondary N) is 2. The van der Waals surface area contributed by atoms with E-state index in [1.807, 2.05) is 0 Å². The highest BCUT2D eigenvalue weighted by molar-refractivity contribution is 5.94. The summed E-state index contributed by atoms with van der Waals surface area (Å²) in [5.74, 6) is -4.16. The molecule has 3 amide bonds. The molecule has 35 heavy (non-hydrogen) atoms. The summed E-state index contributed by atoms with van der Waals surface area (Å²) >= 11 is 0. The summed E-state index contributed by atoms with van der Waals surface area (Å²) in [6.45, 7) is 1.07. The van der Waals surface area contributed by atoms with E-state index in [0.717, 1.165) is 4.90 Å². The molecule has 1 saturated heterocycles. The monoisotopic (exact) mass is 500 g/mol. The van der Waals surface area contributed by atoms with E-state index in [2.05, 4.69) is 10.6 Å². The van der Waals surface area contributed by atoms with Gasteiger partial charge < -0.3 is 42.9 Å². The summed E-state index contributed by atoms with van der Waals surface area (Å²) in [6.07, 6.45) is 3.28. The standard InChI is InChI=1S/C22H40N6O7/c23-11-3-1-6-14(25)19(31)26-15(7-2-4-12-24)20(32)27-16(9-10-18(29)30)21(33)28-13-5-8-17(28)22(34)35/h14-17H,1-13,23-25H2,(H,26,31)(H,27,32)(H,29,30)(H,34,35). The summed E-state index contributed by atoms with van der Waals surface area (Å²) < 4.78 is 0. The van der Waals surface area contributed by atoms with Crippen molar-refractivity contribution in [1.82, 2.24) is 15.5 Å². The second-order valence-electron chi connectivity index (χ2n) is 8.76. The molecular weight excluding hydrogens is 460 g/mol. The summed E-state index contributed by atoms with van der Waals surface area (Å²) in [6, 6.07) is -4.12. The molecule has 13 nitrogen and oxygen atoms in total. The number of unbranched alkanes of at least 4 members (excludes halogenated alkanes) is 2. The first-order chi connectivity index (χ1) is 16.6. The third kappa shape index (κ3) is 10.6. The molecule has 0 bridgehead atoms. The lowest BCUT2D eigenvalue weighted by molar-refractivity contribution is -0.150. The molecule has 0 aromatic carbocycles. The van der Waals surface area contributed by atoms with Crippen molar-refractivity contribution in [2.75, 3.05) is 19.6 Å². The number of aliphatic carboxylic acids is 2. The maximum Gasteiger partial charge on any atom is 0.326 e. The van der Waals surface area contributed by atoms with E-state index in [1.165, 1.54) is 0 Å². The highest BCUT2D eigenvalue weighted by Gasteiger charge is 2.38. The van der Waals surface area contributed by atoms with Crippen molar-refractivity contribution in [1.29, 1.82) is 0 Å². The highest BCUT2D eigenvalue weighted by Crippen LogP contribution is 2.20. The van der Waals surface area contributed by atoms with Crippen molar-refractivity contribution < 1.29 is 34.2 Å². The predicted octanol–water partition coefficient (Wildman–Crippen LogP) is -1.52. The number of nitrogens with zero attached hydrogens (tertiary/aromatic N) is 1. The number of carboxylic acid groups (broad SMARTS) is 2. The lowest BCUT2D eigenvalue weighted by atomic mass is 10.0. The van der Waals surface area contributed by atoms with Gasteiger partial charge in [0.2, 0.25) is 17.7 Å². The van der Waals surface area contributed by atoms with Gasteiger partial charge in [-0.05, 0) is 64.5 Å². The van der Waals surface area contributed by atoms with Gasteiger partial charge in [0.25, 0.3) is 0 Å². The Morgan fingerprint density at radius 1 is 0.857 bits per heavy atom. The van der Waals surface area contributed by atoms with Crippen molar-refractivity contribution in [3.63, 3.8) is 0 Å². The predicted molar refractivity (Wildman–Crippen MR) is 127 cm³/mol. The molecule has 4 atom stereocenters. The zero-order valence-electron chi connectivity index (χ0n) is 20.1. The number of likely N-dealkylation sites (tertiary alicyclic amines) is 1. The maximum atomic E-state index is 13.1. The Bertz CT molecular complexity index is 735. The van der Waals surface area contributed by atoms with Crippen molar-refractivity contribution >= 4 is 29.7 Å². The minimum absolute atomic E-state index is 0.198. The first-order valence-electron chi connectivity index (χ1n) is 12.1. The molecule has 13 heteroatoms. The van der Waals surface area contributed by atoms with E-state index >= 15 is 0 Å². The molecule has 1 aliphatic heterocycles. The molecular formula is C22H40N6O7. The number of hydrogen-bond donors (Lipinski definition) is 7. The van der Waals surface area contributed by atoms with Gasteiger partial charge in [-0.1, -0.05) is 6.42 Å². The van der Waals surface area contributed by atoms with E-state index in [4.69, 9.17) is 22.3 Å². The van der Waals surface area contributed by atoms with Gasteiger partial charge in [0.15, 0.2) is 0 Å². The normalized spacial score (nSPS) is 17.9.